The molecule has 2 N–H and O–H groups in total. The van der Waals surface area contributed by atoms with E-state index in [1.807, 2.05) is 0 Å². The number of carbonyl (C=O) groups excluding carboxylic acids is 1. The average Bonchev–Trinajstić information content (AvgIpc) is 2.62. The van der Waals surface area contributed by atoms with Gasteiger partial charge in [0, 0.05) is 24.3 Å². The monoisotopic (exact) mass is 390 g/mol. The number of hydrogen-bond acceptors (Lipinski definition) is 4. The van der Waals surface area contributed by atoms with Gasteiger partial charge in [0.15, 0.2) is 0 Å². The predicted molar refractivity (Wildman–Crippen MR) is 102 cm³/mol. The van der Waals surface area contributed by atoms with Crippen molar-refractivity contribution in [3.8, 4) is 0 Å². The highest BCUT2D eigenvalue weighted by molar-refractivity contribution is 7.89. The van der Waals surface area contributed by atoms with Crippen molar-refractivity contribution in [1.82, 2.24) is 4.31 Å². The minimum Gasteiger partial charge on any atom is -0.481 e. The Morgan fingerprint density at radius 2 is 1.67 bits per heavy atom. The van der Waals surface area contributed by atoms with Crippen LogP contribution in [0.5, 0.6) is 0 Å². The zero-order valence-electron chi connectivity index (χ0n) is 15.2. The number of hydrogen-bond donors (Lipinski definition) is 2. The molecule has 0 aliphatic rings. The Hall–Kier alpha value is -2.71. The van der Waals surface area contributed by atoms with E-state index in [1.54, 1.807) is 38.1 Å². The number of carboxylic acid groups (broad SMARTS) is 1. The smallest absolute Gasteiger partial charge is 0.307 e. The molecule has 0 saturated heterocycles. The van der Waals surface area contributed by atoms with E-state index in [-0.39, 0.29) is 11.3 Å². The number of sulfonamides is 1. The first-order chi connectivity index (χ1) is 12.8. The summed E-state index contributed by atoms with van der Waals surface area (Å²) in [5.41, 5.74) is 1.34. The first-order valence-corrected chi connectivity index (χ1v) is 9.94. The largest absolute Gasteiger partial charge is 0.481 e. The van der Waals surface area contributed by atoms with Crippen LogP contribution < -0.4 is 5.32 Å². The molecule has 1 amide bonds. The summed E-state index contributed by atoms with van der Waals surface area (Å²) in [4.78, 5) is 23.3. The van der Waals surface area contributed by atoms with Gasteiger partial charge < -0.3 is 10.4 Å². The molecule has 2 aromatic rings. The average molecular weight is 390 g/mol. The molecule has 0 heterocycles. The van der Waals surface area contributed by atoms with Crippen molar-refractivity contribution < 1.29 is 23.1 Å². The van der Waals surface area contributed by atoms with Crippen LogP contribution in [0.3, 0.4) is 0 Å². The number of nitrogens with zero attached hydrogens (tertiary/aromatic N) is 1. The SMILES string of the molecule is CCN(CC)S(=O)(=O)c1ccc(C(=O)Nc2cccc(CC(=O)O)c2)cc1. The molecule has 0 radical (unpaired) electrons. The molecular formula is C19H22N2O5S. The molecule has 0 spiro atoms. The van der Waals surface area contributed by atoms with E-state index in [1.165, 1.54) is 28.6 Å². The number of carboxylic acids is 1. The molecule has 8 heteroatoms. The topological polar surface area (TPSA) is 104 Å². The van der Waals surface area contributed by atoms with E-state index in [4.69, 9.17) is 5.11 Å². The van der Waals surface area contributed by atoms with E-state index < -0.39 is 21.9 Å². The van der Waals surface area contributed by atoms with E-state index >= 15 is 0 Å². The molecule has 0 unspecified atom stereocenters. The van der Waals surface area contributed by atoms with Crippen molar-refractivity contribution in [2.45, 2.75) is 25.2 Å². The van der Waals surface area contributed by atoms with Crippen LogP contribution in [0.2, 0.25) is 0 Å². The molecule has 2 aromatic carbocycles. The zero-order valence-corrected chi connectivity index (χ0v) is 16.0. The van der Waals surface area contributed by atoms with Crippen LogP contribution in [0.4, 0.5) is 5.69 Å². The fourth-order valence-corrected chi connectivity index (χ4v) is 4.09. The Balaban J connectivity index is 2.15. The van der Waals surface area contributed by atoms with Gasteiger partial charge in [0.1, 0.15) is 0 Å². The second-order valence-corrected chi connectivity index (χ2v) is 7.78. The minimum absolute atomic E-state index is 0.131. The van der Waals surface area contributed by atoms with E-state index in [0.29, 0.717) is 29.9 Å². The van der Waals surface area contributed by atoms with Crippen LogP contribution in [0.25, 0.3) is 0 Å². The van der Waals surface area contributed by atoms with E-state index in [2.05, 4.69) is 5.32 Å². The molecule has 144 valence electrons. The number of benzene rings is 2. The van der Waals surface area contributed by atoms with Crippen molar-refractivity contribution >= 4 is 27.6 Å². The third-order valence-electron chi connectivity index (χ3n) is 4.00. The Labute approximate surface area is 158 Å². The molecule has 0 fully saturated rings. The normalized spacial score (nSPS) is 11.4. The van der Waals surface area contributed by atoms with Crippen molar-refractivity contribution in [3.63, 3.8) is 0 Å². The number of carbonyl (C=O) groups is 2. The summed E-state index contributed by atoms with van der Waals surface area (Å²) in [5.74, 6) is -1.36. The van der Waals surface area contributed by atoms with Gasteiger partial charge in [0.25, 0.3) is 5.91 Å². The van der Waals surface area contributed by atoms with Crippen LogP contribution in [-0.4, -0.2) is 42.8 Å². The second kappa shape index (κ2) is 8.79. The van der Waals surface area contributed by atoms with Gasteiger partial charge in [-0.05, 0) is 42.0 Å². The summed E-state index contributed by atoms with van der Waals surface area (Å²) in [6.45, 7) is 4.27. The van der Waals surface area contributed by atoms with Crippen LogP contribution >= 0.6 is 0 Å². The lowest BCUT2D eigenvalue weighted by Gasteiger charge is -2.18. The highest BCUT2D eigenvalue weighted by Gasteiger charge is 2.21. The Morgan fingerprint density at radius 1 is 1.04 bits per heavy atom. The van der Waals surface area contributed by atoms with Crippen LogP contribution in [0, 0.1) is 0 Å². The standard InChI is InChI=1S/C19H22N2O5S/c1-3-21(4-2)27(25,26)17-10-8-15(9-11-17)19(24)20-16-7-5-6-14(12-16)13-18(22)23/h5-12H,3-4,13H2,1-2H3,(H,20,24)(H,22,23). The molecular weight excluding hydrogens is 368 g/mol. The van der Waals surface area contributed by atoms with Gasteiger partial charge in [-0.3, -0.25) is 9.59 Å². The van der Waals surface area contributed by atoms with Crippen LogP contribution in [0.15, 0.2) is 53.4 Å². The van der Waals surface area contributed by atoms with Gasteiger partial charge in [-0.2, -0.15) is 4.31 Å². The molecule has 0 saturated carbocycles. The second-order valence-electron chi connectivity index (χ2n) is 5.84. The van der Waals surface area contributed by atoms with Crippen molar-refractivity contribution in [2.24, 2.45) is 0 Å². The zero-order chi connectivity index (χ0) is 20.0. The number of amides is 1. The third-order valence-corrected chi connectivity index (χ3v) is 6.06. The fourth-order valence-electron chi connectivity index (χ4n) is 2.63. The molecule has 0 aliphatic heterocycles. The van der Waals surface area contributed by atoms with E-state index in [0.717, 1.165) is 0 Å². The summed E-state index contributed by atoms with van der Waals surface area (Å²) < 4.78 is 26.3. The molecule has 0 bridgehead atoms. The van der Waals surface area contributed by atoms with Crippen molar-refractivity contribution in [1.29, 1.82) is 0 Å². The third kappa shape index (κ3) is 5.15. The lowest BCUT2D eigenvalue weighted by Crippen LogP contribution is -2.30. The van der Waals surface area contributed by atoms with Gasteiger partial charge in [-0.25, -0.2) is 8.42 Å². The maximum absolute atomic E-state index is 12.5. The van der Waals surface area contributed by atoms with Gasteiger partial charge in [0.2, 0.25) is 10.0 Å². The molecule has 0 aliphatic carbocycles. The van der Waals surface area contributed by atoms with Gasteiger partial charge in [0.05, 0.1) is 11.3 Å². The van der Waals surface area contributed by atoms with Crippen molar-refractivity contribution in [2.75, 3.05) is 18.4 Å². The number of anilines is 1. The Morgan fingerprint density at radius 3 is 2.22 bits per heavy atom. The highest BCUT2D eigenvalue weighted by atomic mass is 32.2. The van der Waals surface area contributed by atoms with Gasteiger partial charge in [-0.1, -0.05) is 26.0 Å². The molecule has 2 rings (SSSR count). The van der Waals surface area contributed by atoms with Crippen LogP contribution in [-0.2, 0) is 21.2 Å². The Bertz CT molecular complexity index is 919. The lowest BCUT2D eigenvalue weighted by molar-refractivity contribution is -0.136. The number of rotatable bonds is 8. The minimum atomic E-state index is -3.57. The number of aliphatic carboxylic acids is 1. The molecule has 0 atom stereocenters. The quantitative estimate of drug-likeness (QED) is 0.721. The van der Waals surface area contributed by atoms with Gasteiger partial charge >= 0.3 is 5.97 Å². The lowest BCUT2D eigenvalue weighted by atomic mass is 10.1. The predicted octanol–water partition coefficient (Wildman–Crippen LogP) is 2.60. The first kappa shape index (κ1) is 20.6. The maximum Gasteiger partial charge on any atom is 0.307 e. The maximum atomic E-state index is 12.5. The molecule has 0 aromatic heterocycles. The summed E-state index contributed by atoms with van der Waals surface area (Å²) in [5, 5.41) is 11.5. The van der Waals surface area contributed by atoms with Crippen molar-refractivity contribution in [3.05, 3.63) is 59.7 Å². The number of nitrogens with one attached hydrogen (secondary N) is 1. The Kier molecular flexibility index (Phi) is 6.70. The van der Waals surface area contributed by atoms with Gasteiger partial charge in [-0.15, -0.1) is 0 Å². The summed E-state index contributed by atoms with van der Waals surface area (Å²) in [6, 6.07) is 12.3. The fraction of sp³-hybridized carbons (Fsp3) is 0.263. The summed E-state index contributed by atoms with van der Waals surface area (Å²) in [7, 11) is -3.57. The summed E-state index contributed by atoms with van der Waals surface area (Å²) in [6.07, 6.45) is -0.137. The first-order valence-electron chi connectivity index (χ1n) is 8.50. The van der Waals surface area contributed by atoms with Crippen LogP contribution in [0.1, 0.15) is 29.8 Å². The summed E-state index contributed by atoms with van der Waals surface area (Å²) >= 11 is 0. The highest BCUT2D eigenvalue weighted by Crippen LogP contribution is 2.18. The van der Waals surface area contributed by atoms with E-state index in [9.17, 15) is 18.0 Å². The molecule has 7 nitrogen and oxygen atoms in total. The molecule has 27 heavy (non-hydrogen) atoms.